The smallest absolute Gasteiger partial charge is 0.243 e. The van der Waals surface area contributed by atoms with Crippen molar-refractivity contribution >= 4 is 27.4 Å². The van der Waals surface area contributed by atoms with E-state index in [4.69, 9.17) is 0 Å². The van der Waals surface area contributed by atoms with Crippen molar-refractivity contribution in [3.8, 4) is 0 Å². The lowest BCUT2D eigenvalue weighted by Gasteiger charge is -2.31. The van der Waals surface area contributed by atoms with Gasteiger partial charge in [-0.3, -0.25) is 9.59 Å². The molecule has 0 unspecified atom stereocenters. The fourth-order valence-electron chi connectivity index (χ4n) is 3.19. The number of Topliss-reactive ketones (excluding diaryl/α,β-unsaturated/α-hetero) is 1. The van der Waals surface area contributed by atoms with Crippen LogP contribution in [0.3, 0.4) is 0 Å². The molecular weight excluding hydrogens is 383 g/mol. The van der Waals surface area contributed by atoms with Crippen LogP contribution in [0.2, 0.25) is 0 Å². The first kappa shape index (κ1) is 20.2. The zero-order valence-corrected chi connectivity index (χ0v) is 16.2. The summed E-state index contributed by atoms with van der Waals surface area (Å²) in [7, 11) is -3.79. The lowest BCUT2D eigenvalue weighted by atomic mass is 9.98. The van der Waals surface area contributed by atoms with Crippen LogP contribution in [0, 0.1) is 11.7 Å². The third-order valence-electron chi connectivity index (χ3n) is 4.74. The Morgan fingerprint density at radius 3 is 2.54 bits per heavy atom. The number of carbonyl (C=O) groups excluding carboxylic acids is 2. The predicted octanol–water partition coefficient (Wildman–Crippen LogP) is 3.07. The van der Waals surface area contributed by atoms with Crippen LogP contribution in [-0.2, 0) is 14.8 Å². The number of benzene rings is 2. The standard InChI is InChI=1S/C20H21FN2O4S/c1-14(24)15-4-2-6-18(12-15)22-20(25)16-5-3-11-23(13-16)28(26,27)19-9-7-17(21)8-10-19/h2,4,6-10,12,16H,3,5,11,13H2,1H3,(H,22,25)/t16-/m1/s1. The van der Waals surface area contributed by atoms with Crippen molar-refractivity contribution in [1.29, 1.82) is 0 Å². The normalized spacial score (nSPS) is 17.9. The van der Waals surface area contributed by atoms with E-state index < -0.39 is 21.8 Å². The summed E-state index contributed by atoms with van der Waals surface area (Å²) in [6, 6.07) is 11.3. The van der Waals surface area contributed by atoms with Gasteiger partial charge in [-0.25, -0.2) is 12.8 Å². The van der Waals surface area contributed by atoms with Gasteiger partial charge in [0, 0.05) is 24.3 Å². The van der Waals surface area contributed by atoms with E-state index in [-0.39, 0.29) is 23.1 Å². The molecule has 1 aliphatic rings. The van der Waals surface area contributed by atoms with Gasteiger partial charge in [-0.1, -0.05) is 12.1 Å². The molecule has 0 aliphatic carbocycles. The molecule has 1 atom stereocenters. The van der Waals surface area contributed by atoms with Gasteiger partial charge in [-0.2, -0.15) is 4.31 Å². The molecule has 28 heavy (non-hydrogen) atoms. The van der Waals surface area contributed by atoms with Crippen molar-refractivity contribution in [2.24, 2.45) is 5.92 Å². The second-order valence-electron chi connectivity index (χ2n) is 6.78. The molecule has 1 heterocycles. The van der Waals surface area contributed by atoms with Crippen LogP contribution in [0.1, 0.15) is 30.1 Å². The predicted molar refractivity (Wildman–Crippen MR) is 103 cm³/mol. The molecule has 0 saturated carbocycles. The van der Waals surface area contributed by atoms with Crippen molar-refractivity contribution in [3.63, 3.8) is 0 Å². The molecule has 0 spiro atoms. The van der Waals surface area contributed by atoms with Crippen LogP contribution in [0.25, 0.3) is 0 Å². The van der Waals surface area contributed by atoms with Gasteiger partial charge in [0.1, 0.15) is 5.82 Å². The van der Waals surface area contributed by atoms with Crippen LogP contribution in [0.15, 0.2) is 53.4 Å². The molecule has 3 rings (SSSR count). The van der Waals surface area contributed by atoms with E-state index in [0.29, 0.717) is 30.6 Å². The van der Waals surface area contributed by atoms with Crippen LogP contribution in [-0.4, -0.2) is 37.5 Å². The Bertz CT molecular complexity index is 990. The minimum atomic E-state index is -3.79. The summed E-state index contributed by atoms with van der Waals surface area (Å²) in [5.41, 5.74) is 0.984. The van der Waals surface area contributed by atoms with Crippen molar-refractivity contribution in [3.05, 3.63) is 59.9 Å². The van der Waals surface area contributed by atoms with Crippen LogP contribution >= 0.6 is 0 Å². The van der Waals surface area contributed by atoms with Crippen LogP contribution < -0.4 is 5.32 Å². The Kier molecular flexibility index (Phi) is 5.90. The number of nitrogens with one attached hydrogen (secondary N) is 1. The molecular formula is C20H21FN2O4S. The lowest BCUT2D eigenvalue weighted by molar-refractivity contribution is -0.120. The van der Waals surface area contributed by atoms with Gasteiger partial charge in [-0.05, 0) is 56.2 Å². The highest BCUT2D eigenvalue weighted by Gasteiger charge is 2.33. The third kappa shape index (κ3) is 4.45. The summed E-state index contributed by atoms with van der Waals surface area (Å²) in [4.78, 5) is 24.1. The average molecular weight is 404 g/mol. The maximum atomic E-state index is 13.1. The Balaban J connectivity index is 1.72. The number of halogens is 1. The zero-order chi connectivity index (χ0) is 20.3. The number of piperidine rings is 1. The second-order valence-corrected chi connectivity index (χ2v) is 8.72. The van der Waals surface area contributed by atoms with E-state index in [1.165, 1.54) is 23.4 Å². The van der Waals surface area contributed by atoms with Gasteiger partial charge >= 0.3 is 0 Å². The van der Waals surface area contributed by atoms with E-state index >= 15 is 0 Å². The maximum absolute atomic E-state index is 13.1. The van der Waals surface area contributed by atoms with Crippen molar-refractivity contribution in [1.82, 2.24) is 4.31 Å². The minimum Gasteiger partial charge on any atom is -0.326 e. The highest BCUT2D eigenvalue weighted by Crippen LogP contribution is 2.25. The number of carbonyl (C=O) groups is 2. The first-order valence-electron chi connectivity index (χ1n) is 8.95. The molecule has 1 saturated heterocycles. The third-order valence-corrected chi connectivity index (χ3v) is 6.62. The lowest BCUT2D eigenvalue weighted by Crippen LogP contribution is -2.43. The van der Waals surface area contributed by atoms with Gasteiger partial charge in [0.2, 0.25) is 15.9 Å². The Morgan fingerprint density at radius 2 is 1.86 bits per heavy atom. The molecule has 1 amide bonds. The number of nitrogens with zero attached hydrogens (tertiary/aromatic N) is 1. The number of rotatable bonds is 5. The van der Waals surface area contributed by atoms with E-state index in [0.717, 1.165) is 12.1 Å². The van der Waals surface area contributed by atoms with E-state index in [2.05, 4.69) is 5.32 Å². The summed E-state index contributed by atoms with van der Waals surface area (Å²) in [5, 5.41) is 2.76. The summed E-state index contributed by atoms with van der Waals surface area (Å²) < 4.78 is 39.9. The molecule has 1 N–H and O–H groups in total. The van der Waals surface area contributed by atoms with Crippen molar-refractivity contribution in [2.45, 2.75) is 24.7 Å². The molecule has 148 valence electrons. The number of ketones is 1. The Labute approximate surface area is 163 Å². The SMILES string of the molecule is CC(=O)c1cccc(NC(=O)[C@@H]2CCCN(S(=O)(=O)c3ccc(F)cc3)C2)c1. The first-order valence-corrected chi connectivity index (χ1v) is 10.4. The molecule has 8 heteroatoms. The van der Waals surface area contributed by atoms with Gasteiger partial charge in [0.25, 0.3) is 0 Å². The summed E-state index contributed by atoms with van der Waals surface area (Å²) in [6.45, 7) is 1.81. The van der Waals surface area contributed by atoms with Crippen molar-refractivity contribution in [2.75, 3.05) is 18.4 Å². The monoisotopic (exact) mass is 404 g/mol. The first-order chi connectivity index (χ1) is 13.3. The highest BCUT2D eigenvalue weighted by molar-refractivity contribution is 7.89. The summed E-state index contributed by atoms with van der Waals surface area (Å²) >= 11 is 0. The topological polar surface area (TPSA) is 83.6 Å². The second kappa shape index (κ2) is 8.20. The number of amides is 1. The number of hydrogen-bond donors (Lipinski definition) is 1. The van der Waals surface area contributed by atoms with Gasteiger partial charge in [0.05, 0.1) is 10.8 Å². The Hall–Kier alpha value is -2.58. The number of anilines is 1. The quantitative estimate of drug-likeness (QED) is 0.777. The van der Waals surface area contributed by atoms with Crippen LogP contribution in [0.5, 0.6) is 0 Å². The van der Waals surface area contributed by atoms with Crippen LogP contribution in [0.4, 0.5) is 10.1 Å². The van der Waals surface area contributed by atoms with Crippen molar-refractivity contribution < 1.29 is 22.4 Å². The van der Waals surface area contributed by atoms with Gasteiger partial charge in [-0.15, -0.1) is 0 Å². The Morgan fingerprint density at radius 1 is 1.14 bits per heavy atom. The maximum Gasteiger partial charge on any atom is 0.243 e. The average Bonchev–Trinajstić information content (AvgIpc) is 2.68. The molecule has 0 radical (unpaired) electrons. The molecule has 2 aromatic carbocycles. The van der Waals surface area contributed by atoms with E-state index in [1.807, 2.05) is 0 Å². The fraction of sp³-hybridized carbons (Fsp3) is 0.300. The fourth-order valence-corrected chi connectivity index (χ4v) is 4.71. The molecule has 2 aromatic rings. The molecule has 6 nitrogen and oxygen atoms in total. The zero-order valence-electron chi connectivity index (χ0n) is 15.4. The van der Waals surface area contributed by atoms with E-state index in [1.54, 1.807) is 24.3 Å². The molecule has 1 aliphatic heterocycles. The summed E-state index contributed by atoms with van der Waals surface area (Å²) in [6.07, 6.45) is 1.11. The largest absolute Gasteiger partial charge is 0.326 e. The number of sulfonamides is 1. The summed E-state index contributed by atoms with van der Waals surface area (Å²) in [5.74, 6) is -1.42. The molecule has 1 fully saturated rings. The molecule has 0 aromatic heterocycles. The van der Waals surface area contributed by atoms with E-state index in [9.17, 15) is 22.4 Å². The van der Waals surface area contributed by atoms with Gasteiger partial charge < -0.3 is 5.32 Å². The van der Waals surface area contributed by atoms with Gasteiger partial charge in [0.15, 0.2) is 5.78 Å². The minimum absolute atomic E-state index is 0.00381. The molecule has 0 bridgehead atoms. The highest BCUT2D eigenvalue weighted by atomic mass is 32.2. The number of hydrogen-bond acceptors (Lipinski definition) is 4.